The Hall–Kier alpha value is -2.35. The second-order valence-electron chi connectivity index (χ2n) is 8.06. The van der Waals surface area contributed by atoms with Gasteiger partial charge in [0.2, 0.25) is 0 Å². The first-order valence-corrected chi connectivity index (χ1v) is 10.7. The Kier molecular flexibility index (Phi) is 4.25. The van der Waals surface area contributed by atoms with Gasteiger partial charge in [0.1, 0.15) is 5.75 Å². The van der Waals surface area contributed by atoms with Crippen molar-refractivity contribution in [1.82, 2.24) is 0 Å². The number of hydrogen-bond donors (Lipinski definition) is 1. The van der Waals surface area contributed by atoms with Gasteiger partial charge in [-0.3, -0.25) is 0 Å². The highest BCUT2D eigenvalue weighted by Gasteiger charge is 2.37. The van der Waals surface area contributed by atoms with Crippen LogP contribution in [0, 0.1) is 0 Å². The van der Waals surface area contributed by atoms with Gasteiger partial charge in [-0.1, -0.05) is 75.4 Å². The predicted molar refractivity (Wildman–Crippen MR) is 110 cm³/mol. The van der Waals surface area contributed by atoms with Crippen molar-refractivity contribution in [1.29, 1.82) is 0 Å². The zero-order chi connectivity index (χ0) is 19.2. The molecule has 0 saturated carbocycles. The van der Waals surface area contributed by atoms with Gasteiger partial charge < -0.3 is 9.42 Å². The fourth-order valence-electron chi connectivity index (χ4n) is 3.60. The Morgan fingerprint density at radius 1 is 0.889 bits per heavy atom. The molecule has 1 aliphatic rings. The van der Waals surface area contributed by atoms with E-state index in [2.05, 4.69) is 45.0 Å². The predicted octanol–water partition coefficient (Wildman–Crippen LogP) is 5.45. The topological polar surface area (TPSA) is 46.5 Å². The standard InChI is InChI=1S/C23H23O3P/c1-23(2,3)20-15-17(13-16-9-5-4-6-10-16)14-19-18-11-7-8-12-21(18)27(24,25)26-22(19)20/h4-12,14-15H,13H2,1-3H3,(H,24,25). The highest BCUT2D eigenvalue weighted by Crippen LogP contribution is 2.54. The van der Waals surface area contributed by atoms with Gasteiger partial charge in [-0.05, 0) is 35.1 Å². The van der Waals surface area contributed by atoms with E-state index in [-0.39, 0.29) is 5.41 Å². The summed E-state index contributed by atoms with van der Waals surface area (Å²) in [5, 5.41) is 0.370. The number of hydrogen-bond acceptors (Lipinski definition) is 2. The van der Waals surface area contributed by atoms with Crippen molar-refractivity contribution in [3.63, 3.8) is 0 Å². The third kappa shape index (κ3) is 3.34. The summed E-state index contributed by atoms with van der Waals surface area (Å²) in [7, 11) is -3.89. The van der Waals surface area contributed by atoms with Crippen LogP contribution in [0.25, 0.3) is 11.1 Å². The van der Waals surface area contributed by atoms with Crippen molar-refractivity contribution >= 4 is 12.9 Å². The molecule has 3 aromatic carbocycles. The van der Waals surface area contributed by atoms with Gasteiger partial charge in [-0.25, -0.2) is 4.57 Å². The van der Waals surface area contributed by atoms with Crippen LogP contribution in [0.1, 0.15) is 37.5 Å². The molecular weight excluding hydrogens is 355 g/mol. The minimum absolute atomic E-state index is 0.219. The molecule has 4 rings (SSSR count). The van der Waals surface area contributed by atoms with E-state index >= 15 is 0 Å². The van der Waals surface area contributed by atoms with Crippen LogP contribution in [-0.2, 0) is 16.4 Å². The third-order valence-electron chi connectivity index (χ3n) is 4.92. The minimum Gasteiger partial charge on any atom is -0.420 e. The summed E-state index contributed by atoms with van der Waals surface area (Å²) in [4.78, 5) is 10.5. The molecule has 0 radical (unpaired) electrons. The van der Waals surface area contributed by atoms with E-state index in [9.17, 15) is 9.46 Å². The van der Waals surface area contributed by atoms with Crippen LogP contribution in [0.5, 0.6) is 5.75 Å². The van der Waals surface area contributed by atoms with E-state index in [1.807, 2.05) is 30.3 Å². The second kappa shape index (κ2) is 6.37. The Morgan fingerprint density at radius 2 is 1.56 bits per heavy atom. The van der Waals surface area contributed by atoms with Crippen molar-refractivity contribution in [2.24, 2.45) is 0 Å². The smallest absolute Gasteiger partial charge is 0.408 e. The monoisotopic (exact) mass is 378 g/mol. The maximum absolute atomic E-state index is 12.8. The maximum atomic E-state index is 12.8. The van der Waals surface area contributed by atoms with Crippen LogP contribution in [-0.4, -0.2) is 4.89 Å². The molecule has 1 N–H and O–H groups in total. The van der Waals surface area contributed by atoms with Crippen LogP contribution in [0.15, 0.2) is 66.7 Å². The van der Waals surface area contributed by atoms with Crippen LogP contribution in [0.2, 0.25) is 0 Å². The molecule has 1 aliphatic heterocycles. The summed E-state index contributed by atoms with van der Waals surface area (Å²) in [5.41, 5.74) is 4.81. The lowest BCUT2D eigenvalue weighted by Crippen LogP contribution is -2.21. The molecule has 1 unspecified atom stereocenters. The molecular formula is C23H23O3P. The Labute approximate surface area is 160 Å². The Morgan fingerprint density at radius 3 is 2.26 bits per heavy atom. The molecule has 0 aromatic heterocycles. The normalized spacial score (nSPS) is 18.4. The zero-order valence-electron chi connectivity index (χ0n) is 15.8. The fourth-order valence-corrected chi connectivity index (χ4v) is 4.91. The van der Waals surface area contributed by atoms with E-state index in [1.165, 1.54) is 5.56 Å². The van der Waals surface area contributed by atoms with Gasteiger partial charge in [-0.15, -0.1) is 0 Å². The maximum Gasteiger partial charge on any atom is 0.408 e. The number of rotatable bonds is 2. The van der Waals surface area contributed by atoms with Crippen LogP contribution in [0.4, 0.5) is 0 Å². The van der Waals surface area contributed by atoms with Crippen molar-refractivity contribution in [2.45, 2.75) is 32.6 Å². The molecule has 0 bridgehead atoms. The van der Waals surface area contributed by atoms with Gasteiger partial charge in [0.25, 0.3) is 0 Å². The molecule has 0 saturated heterocycles. The summed E-state index contributed by atoms with van der Waals surface area (Å²) in [6.07, 6.45) is 0.802. The number of benzene rings is 3. The average Bonchev–Trinajstić information content (AvgIpc) is 2.62. The van der Waals surface area contributed by atoms with Crippen LogP contribution in [0.3, 0.4) is 0 Å². The van der Waals surface area contributed by atoms with E-state index in [0.717, 1.165) is 28.7 Å². The molecule has 3 aromatic rings. The summed E-state index contributed by atoms with van der Waals surface area (Å²) in [5.74, 6) is 0.531. The molecule has 27 heavy (non-hydrogen) atoms. The second-order valence-corrected chi connectivity index (χ2v) is 9.77. The Balaban J connectivity index is 1.95. The third-order valence-corrected chi connectivity index (χ3v) is 6.35. The van der Waals surface area contributed by atoms with Gasteiger partial charge in [0.15, 0.2) is 0 Å². The molecule has 138 valence electrons. The molecule has 1 heterocycles. The zero-order valence-corrected chi connectivity index (χ0v) is 16.7. The number of fused-ring (bicyclic) bond motifs is 3. The first kappa shape index (κ1) is 18.0. The summed E-state index contributed by atoms with van der Waals surface area (Å²) >= 11 is 0. The molecule has 1 atom stereocenters. The SMILES string of the molecule is CC(C)(C)c1cc(Cc2ccccc2)cc2c1OP(=O)(O)c1ccccc1-2. The quantitative estimate of drug-likeness (QED) is 0.604. The lowest BCUT2D eigenvalue weighted by molar-refractivity contribution is 0.386. The average molecular weight is 378 g/mol. The summed E-state index contributed by atoms with van der Waals surface area (Å²) < 4.78 is 18.5. The molecule has 4 heteroatoms. The van der Waals surface area contributed by atoms with Crippen LogP contribution < -0.4 is 9.83 Å². The first-order chi connectivity index (χ1) is 12.8. The first-order valence-electron chi connectivity index (χ1n) is 9.09. The fraction of sp³-hybridized carbons (Fsp3) is 0.217. The lowest BCUT2D eigenvalue weighted by Gasteiger charge is -2.31. The van der Waals surface area contributed by atoms with E-state index < -0.39 is 7.60 Å². The highest BCUT2D eigenvalue weighted by molar-refractivity contribution is 7.62. The van der Waals surface area contributed by atoms with Gasteiger partial charge >= 0.3 is 7.60 Å². The van der Waals surface area contributed by atoms with Crippen molar-refractivity contribution in [3.05, 3.63) is 83.4 Å². The van der Waals surface area contributed by atoms with E-state index in [1.54, 1.807) is 12.1 Å². The highest BCUT2D eigenvalue weighted by atomic mass is 31.2. The van der Waals surface area contributed by atoms with Crippen molar-refractivity contribution in [2.75, 3.05) is 0 Å². The molecule has 3 nitrogen and oxygen atoms in total. The van der Waals surface area contributed by atoms with Gasteiger partial charge in [0, 0.05) is 16.7 Å². The minimum atomic E-state index is -3.89. The summed E-state index contributed by atoms with van der Waals surface area (Å²) in [6, 6.07) is 21.8. The summed E-state index contributed by atoms with van der Waals surface area (Å²) in [6.45, 7) is 6.29. The van der Waals surface area contributed by atoms with Crippen molar-refractivity contribution in [3.8, 4) is 16.9 Å². The Bertz CT molecular complexity index is 1050. The van der Waals surface area contributed by atoms with Crippen molar-refractivity contribution < 1.29 is 14.0 Å². The molecule has 0 aliphatic carbocycles. The molecule has 0 spiro atoms. The largest absolute Gasteiger partial charge is 0.420 e. The molecule has 0 fully saturated rings. The van der Waals surface area contributed by atoms with Crippen LogP contribution >= 0.6 is 7.60 Å². The van der Waals surface area contributed by atoms with Gasteiger partial charge in [-0.2, -0.15) is 0 Å². The van der Waals surface area contributed by atoms with E-state index in [0.29, 0.717) is 11.1 Å². The molecule has 0 amide bonds. The lowest BCUT2D eigenvalue weighted by atomic mass is 9.82. The van der Waals surface area contributed by atoms with Gasteiger partial charge in [0.05, 0.1) is 5.30 Å². The van der Waals surface area contributed by atoms with E-state index in [4.69, 9.17) is 4.52 Å².